The van der Waals surface area contributed by atoms with Gasteiger partial charge in [-0.05, 0) is 32.9 Å². The largest absolute Gasteiger partial charge is 0.464 e. The number of urea groups is 1. The summed E-state index contributed by atoms with van der Waals surface area (Å²) in [4.78, 5) is 11.8. The Morgan fingerprint density at radius 3 is 2.95 bits per heavy atom. The highest BCUT2D eigenvalue weighted by molar-refractivity contribution is 5.74. The molecule has 0 saturated carbocycles. The van der Waals surface area contributed by atoms with Crippen LogP contribution >= 0.6 is 0 Å². The fraction of sp³-hybridized carbons (Fsp3) is 0.462. The van der Waals surface area contributed by atoms with Gasteiger partial charge in [0, 0.05) is 6.54 Å². The number of carbonyl (C=O) groups is 1. The van der Waals surface area contributed by atoms with E-state index >= 15 is 0 Å². The summed E-state index contributed by atoms with van der Waals surface area (Å²) in [6, 6.07) is 3.27. The average Bonchev–Trinajstić information content (AvgIpc) is 3.04. The molecular formula is C13H19N5O2. The van der Waals surface area contributed by atoms with Crippen LogP contribution in [0.1, 0.15) is 37.2 Å². The van der Waals surface area contributed by atoms with Gasteiger partial charge in [0.2, 0.25) is 0 Å². The quantitative estimate of drug-likeness (QED) is 0.872. The van der Waals surface area contributed by atoms with Crippen LogP contribution < -0.4 is 10.6 Å². The van der Waals surface area contributed by atoms with Crippen LogP contribution in [0.2, 0.25) is 0 Å². The first-order valence-corrected chi connectivity index (χ1v) is 6.57. The number of furan rings is 1. The Bertz CT molecular complexity index is 575. The van der Waals surface area contributed by atoms with Crippen molar-refractivity contribution in [3.8, 4) is 0 Å². The van der Waals surface area contributed by atoms with Crippen LogP contribution in [0.15, 0.2) is 22.9 Å². The van der Waals surface area contributed by atoms with Crippen molar-refractivity contribution in [2.24, 2.45) is 0 Å². The maximum Gasteiger partial charge on any atom is 0.315 e. The molecule has 0 spiro atoms. The van der Waals surface area contributed by atoms with Crippen LogP contribution in [0.5, 0.6) is 0 Å². The SMILES string of the molecule is CCn1cnnc1CNC(=O)N[C@H](C)c1ccc(C)o1. The maximum absolute atomic E-state index is 11.8. The summed E-state index contributed by atoms with van der Waals surface area (Å²) in [5.41, 5.74) is 0. The van der Waals surface area contributed by atoms with Crippen molar-refractivity contribution in [1.82, 2.24) is 25.4 Å². The number of hydrogen-bond donors (Lipinski definition) is 2. The molecule has 0 aliphatic rings. The molecule has 0 aromatic carbocycles. The monoisotopic (exact) mass is 277 g/mol. The highest BCUT2D eigenvalue weighted by atomic mass is 16.3. The van der Waals surface area contributed by atoms with E-state index in [1.165, 1.54) is 0 Å². The van der Waals surface area contributed by atoms with E-state index < -0.39 is 0 Å². The number of rotatable bonds is 5. The molecule has 2 amide bonds. The third-order valence-electron chi connectivity index (χ3n) is 2.98. The summed E-state index contributed by atoms with van der Waals surface area (Å²) in [5.74, 6) is 2.28. The third-order valence-corrected chi connectivity index (χ3v) is 2.98. The van der Waals surface area contributed by atoms with E-state index in [9.17, 15) is 4.79 Å². The molecule has 0 aliphatic heterocycles. The lowest BCUT2D eigenvalue weighted by molar-refractivity contribution is 0.235. The lowest BCUT2D eigenvalue weighted by Crippen LogP contribution is -2.37. The van der Waals surface area contributed by atoms with Crippen LogP contribution in [0.25, 0.3) is 0 Å². The fourth-order valence-electron chi connectivity index (χ4n) is 1.84. The lowest BCUT2D eigenvalue weighted by atomic mass is 10.2. The number of amides is 2. The summed E-state index contributed by atoms with van der Waals surface area (Å²) in [6.07, 6.45) is 1.64. The van der Waals surface area contributed by atoms with Crippen molar-refractivity contribution in [2.75, 3.05) is 0 Å². The van der Waals surface area contributed by atoms with E-state index in [1.54, 1.807) is 6.33 Å². The molecule has 2 aromatic heterocycles. The number of hydrogen-bond acceptors (Lipinski definition) is 4. The van der Waals surface area contributed by atoms with Gasteiger partial charge in [-0.25, -0.2) is 4.79 Å². The minimum Gasteiger partial charge on any atom is -0.464 e. The second-order valence-corrected chi connectivity index (χ2v) is 4.53. The highest BCUT2D eigenvalue weighted by Gasteiger charge is 2.13. The molecule has 2 aromatic rings. The summed E-state index contributed by atoms with van der Waals surface area (Å²) < 4.78 is 7.34. The Morgan fingerprint density at radius 1 is 1.50 bits per heavy atom. The minimum atomic E-state index is -0.266. The van der Waals surface area contributed by atoms with Crippen molar-refractivity contribution in [3.63, 3.8) is 0 Å². The lowest BCUT2D eigenvalue weighted by Gasteiger charge is -2.12. The van der Waals surface area contributed by atoms with Crippen molar-refractivity contribution >= 4 is 6.03 Å². The van der Waals surface area contributed by atoms with Gasteiger partial charge in [0.25, 0.3) is 0 Å². The Morgan fingerprint density at radius 2 is 2.30 bits per heavy atom. The van der Waals surface area contributed by atoms with Crippen molar-refractivity contribution < 1.29 is 9.21 Å². The zero-order valence-electron chi connectivity index (χ0n) is 11.9. The van der Waals surface area contributed by atoms with Crippen LogP contribution in [-0.2, 0) is 13.1 Å². The molecule has 7 heteroatoms. The van der Waals surface area contributed by atoms with E-state index in [0.29, 0.717) is 6.54 Å². The molecular weight excluding hydrogens is 258 g/mol. The number of aryl methyl sites for hydroxylation is 2. The normalized spacial score (nSPS) is 12.2. The van der Waals surface area contributed by atoms with Gasteiger partial charge in [0.05, 0.1) is 12.6 Å². The van der Waals surface area contributed by atoms with Crippen LogP contribution in [-0.4, -0.2) is 20.8 Å². The molecule has 2 rings (SSSR count). The second kappa shape index (κ2) is 6.23. The van der Waals surface area contributed by atoms with E-state index in [0.717, 1.165) is 23.9 Å². The number of nitrogens with zero attached hydrogens (tertiary/aromatic N) is 3. The molecule has 1 atom stereocenters. The first-order chi connectivity index (χ1) is 9.60. The molecule has 20 heavy (non-hydrogen) atoms. The Kier molecular flexibility index (Phi) is 4.39. The summed E-state index contributed by atoms with van der Waals surface area (Å²) in [7, 11) is 0. The molecule has 0 radical (unpaired) electrons. The Balaban J connectivity index is 1.83. The molecule has 0 aliphatic carbocycles. The number of aromatic nitrogens is 3. The summed E-state index contributed by atoms with van der Waals surface area (Å²) in [6.45, 7) is 6.84. The second-order valence-electron chi connectivity index (χ2n) is 4.53. The van der Waals surface area contributed by atoms with E-state index in [4.69, 9.17) is 4.42 Å². The van der Waals surface area contributed by atoms with Crippen molar-refractivity contribution in [3.05, 3.63) is 35.8 Å². The van der Waals surface area contributed by atoms with Crippen LogP contribution in [0.3, 0.4) is 0 Å². The van der Waals surface area contributed by atoms with Crippen LogP contribution in [0.4, 0.5) is 4.79 Å². The molecule has 0 saturated heterocycles. The highest BCUT2D eigenvalue weighted by Crippen LogP contribution is 2.15. The Hall–Kier alpha value is -2.31. The van der Waals surface area contributed by atoms with Gasteiger partial charge >= 0.3 is 6.03 Å². The van der Waals surface area contributed by atoms with Gasteiger partial charge in [0.15, 0.2) is 5.82 Å². The predicted molar refractivity (Wildman–Crippen MR) is 72.9 cm³/mol. The molecule has 0 fully saturated rings. The predicted octanol–water partition coefficient (Wildman–Crippen LogP) is 1.76. The van der Waals surface area contributed by atoms with Gasteiger partial charge in [-0.15, -0.1) is 10.2 Å². The molecule has 0 bridgehead atoms. The summed E-state index contributed by atoms with van der Waals surface area (Å²) in [5, 5.41) is 13.3. The zero-order chi connectivity index (χ0) is 14.5. The van der Waals surface area contributed by atoms with E-state index in [1.807, 2.05) is 37.5 Å². The Labute approximate surface area is 117 Å². The van der Waals surface area contributed by atoms with Gasteiger partial charge in [-0.2, -0.15) is 0 Å². The molecule has 2 N–H and O–H groups in total. The molecule has 2 heterocycles. The summed E-state index contributed by atoms with van der Waals surface area (Å²) >= 11 is 0. The third kappa shape index (κ3) is 3.37. The topological polar surface area (TPSA) is 85.0 Å². The van der Waals surface area contributed by atoms with E-state index in [-0.39, 0.29) is 12.1 Å². The fourth-order valence-corrected chi connectivity index (χ4v) is 1.84. The molecule has 0 unspecified atom stereocenters. The zero-order valence-corrected chi connectivity index (χ0v) is 11.9. The number of carbonyl (C=O) groups excluding carboxylic acids is 1. The molecule has 7 nitrogen and oxygen atoms in total. The van der Waals surface area contributed by atoms with Gasteiger partial charge < -0.3 is 19.6 Å². The maximum atomic E-state index is 11.8. The first kappa shape index (κ1) is 14.1. The van der Waals surface area contributed by atoms with Gasteiger partial charge in [-0.1, -0.05) is 0 Å². The average molecular weight is 277 g/mol. The molecule has 108 valence electrons. The standard InChI is InChI=1S/C13H19N5O2/c1-4-18-8-15-17-12(18)7-14-13(19)16-10(3)11-6-5-9(2)20-11/h5-6,8,10H,4,7H2,1-3H3,(H2,14,16,19)/t10-/m1/s1. The van der Waals surface area contributed by atoms with Crippen molar-refractivity contribution in [2.45, 2.75) is 39.9 Å². The minimum absolute atomic E-state index is 0.187. The van der Waals surface area contributed by atoms with Gasteiger partial charge in [-0.3, -0.25) is 0 Å². The number of nitrogens with one attached hydrogen (secondary N) is 2. The van der Waals surface area contributed by atoms with E-state index in [2.05, 4.69) is 20.8 Å². The smallest absolute Gasteiger partial charge is 0.315 e. The first-order valence-electron chi connectivity index (χ1n) is 6.57. The van der Waals surface area contributed by atoms with Gasteiger partial charge in [0.1, 0.15) is 17.8 Å². The van der Waals surface area contributed by atoms with Crippen LogP contribution in [0, 0.1) is 6.92 Å². The van der Waals surface area contributed by atoms with Crippen molar-refractivity contribution in [1.29, 1.82) is 0 Å².